The average Bonchev–Trinajstić information content (AvgIpc) is 2.83. The van der Waals surface area contributed by atoms with E-state index in [1.54, 1.807) is 6.20 Å². The lowest BCUT2D eigenvalue weighted by molar-refractivity contribution is 0.192. The van der Waals surface area contributed by atoms with Crippen molar-refractivity contribution < 1.29 is 0 Å². The highest BCUT2D eigenvalue weighted by atomic mass is 32.1. The minimum absolute atomic E-state index is 0.411. The predicted molar refractivity (Wildman–Crippen MR) is 81.4 cm³/mol. The van der Waals surface area contributed by atoms with Crippen molar-refractivity contribution in [2.75, 3.05) is 18.4 Å². The second kappa shape index (κ2) is 5.43. The van der Waals surface area contributed by atoms with Gasteiger partial charge in [-0.05, 0) is 37.9 Å². The van der Waals surface area contributed by atoms with Crippen molar-refractivity contribution in [3.05, 3.63) is 23.9 Å². The molecule has 4 nitrogen and oxygen atoms in total. The Kier molecular flexibility index (Phi) is 3.66. The Morgan fingerprint density at radius 3 is 3.11 bits per heavy atom. The third-order valence-electron chi connectivity index (χ3n) is 4.25. The molecule has 2 unspecified atom stereocenters. The predicted octanol–water partition coefficient (Wildman–Crippen LogP) is 1.75. The second-order valence-corrected chi connectivity index (χ2v) is 5.84. The number of hydrogen-bond donors (Lipinski definition) is 2. The molecule has 2 aliphatic heterocycles. The van der Waals surface area contributed by atoms with Gasteiger partial charge in [0.05, 0.1) is 5.56 Å². The Labute approximate surface area is 119 Å². The van der Waals surface area contributed by atoms with Gasteiger partial charge in [-0.3, -0.25) is 4.90 Å². The molecule has 2 aliphatic rings. The van der Waals surface area contributed by atoms with Crippen LogP contribution in [0.3, 0.4) is 0 Å². The van der Waals surface area contributed by atoms with Gasteiger partial charge in [-0.25, -0.2) is 4.98 Å². The van der Waals surface area contributed by atoms with Crippen molar-refractivity contribution in [3.8, 4) is 0 Å². The van der Waals surface area contributed by atoms with E-state index in [1.165, 1.54) is 38.8 Å². The Morgan fingerprint density at radius 2 is 2.26 bits per heavy atom. The van der Waals surface area contributed by atoms with Crippen LogP contribution in [0.1, 0.15) is 31.2 Å². The highest BCUT2D eigenvalue weighted by molar-refractivity contribution is 7.80. The van der Waals surface area contributed by atoms with Crippen LogP contribution in [0.2, 0.25) is 0 Å². The van der Waals surface area contributed by atoms with Crippen LogP contribution in [-0.2, 0) is 0 Å². The topological polar surface area (TPSA) is 54.2 Å². The van der Waals surface area contributed by atoms with Gasteiger partial charge in [-0.1, -0.05) is 18.6 Å². The van der Waals surface area contributed by atoms with Gasteiger partial charge in [0.25, 0.3) is 0 Å². The lowest BCUT2D eigenvalue weighted by Gasteiger charge is -2.33. The van der Waals surface area contributed by atoms with E-state index in [9.17, 15) is 0 Å². The molecule has 3 N–H and O–H groups in total. The summed E-state index contributed by atoms with van der Waals surface area (Å²) in [7, 11) is 0. The molecule has 2 saturated heterocycles. The summed E-state index contributed by atoms with van der Waals surface area (Å²) in [5.74, 6) is 0.840. The van der Waals surface area contributed by atoms with E-state index in [0.29, 0.717) is 17.1 Å². The molecule has 19 heavy (non-hydrogen) atoms. The van der Waals surface area contributed by atoms with Crippen LogP contribution in [0.15, 0.2) is 18.3 Å². The molecule has 102 valence electrons. The van der Waals surface area contributed by atoms with Crippen LogP contribution in [0.5, 0.6) is 0 Å². The number of piperidine rings is 1. The molecule has 2 atom stereocenters. The Balaban J connectivity index is 1.76. The van der Waals surface area contributed by atoms with Gasteiger partial charge in [0.2, 0.25) is 0 Å². The van der Waals surface area contributed by atoms with Crippen LogP contribution in [0, 0.1) is 0 Å². The summed E-state index contributed by atoms with van der Waals surface area (Å²) in [4.78, 5) is 7.42. The molecule has 2 fully saturated rings. The third-order valence-corrected chi connectivity index (χ3v) is 4.47. The van der Waals surface area contributed by atoms with Gasteiger partial charge >= 0.3 is 0 Å². The zero-order valence-electron chi connectivity index (χ0n) is 11.0. The highest BCUT2D eigenvalue weighted by Gasteiger charge is 2.35. The van der Waals surface area contributed by atoms with Crippen LogP contribution < -0.4 is 11.1 Å². The molecule has 0 aromatic carbocycles. The summed E-state index contributed by atoms with van der Waals surface area (Å²) in [5, 5.41) is 3.57. The number of nitrogens with two attached hydrogens (primary N) is 1. The number of nitrogens with zero attached hydrogens (tertiary/aromatic N) is 2. The molecule has 1 aromatic rings. The number of thiocarbonyl (C=S) groups is 1. The fraction of sp³-hybridized carbons (Fsp3) is 0.571. The maximum atomic E-state index is 5.76. The minimum atomic E-state index is 0.411. The van der Waals surface area contributed by atoms with E-state index >= 15 is 0 Å². The van der Waals surface area contributed by atoms with Gasteiger partial charge < -0.3 is 11.1 Å². The molecule has 0 amide bonds. The molecule has 0 bridgehead atoms. The van der Waals surface area contributed by atoms with Gasteiger partial charge in [0, 0.05) is 24.8 Å². The lowest BCUT2D eigenvalue weighted by atomic mass is 9.99. The molecule has 0 spiro atoms. The SMILES string of the molecule is NC(=S)c1cccnc1NC1CCN2CCCCC12. The van der Waals surface area contributed by atoms with E-state index < -0.39 is 0 Å². The first-order valence-electron chi connectivity index (χ1n) is 7.01. The van der Waals surface area contributed by atoms with Gasteiger partial charge in [-0.2, -0.15) is 0 Å². The summed E-state index contributed by atoms with van der Waals surface area (Å²) in [6.07, 6.45) is 6.93. The zero-order valence-corrected chi connectivity index (χ0v) is 11.8. The maximum Gasteiger partial charge on any atom is 0.136 e. The molecular formula is C14H20N4S. The standard InChI is InChI=1S/C14H20N4S/c15-13(19)10-4-3-7-16-14(10)17-11-6-9-18-8-2-1-5-12(11)18/h3-4,7,11-12H,1-2,5-6,8-9H2,(H2,15,19)(H,16,17). The highest BCUT2D eigenvalue weighted by Crippen LogP contribution is 2.29. The molecular weight excluding hydrogens is 256 g/mol. The first-order valence-corrected chi connectivity index (χ1v) is 7.42. The second-order valence-electron chi connectivity index (χ2n) is 5.40. The van der Waals surface area contributed by atoms with Crippen molar-refractivity contribution in [2.24, 2.45) is 5.73 Å². The van der Waals surface area contributed by atoms with Gasteiger partial charge in [0.15, 0.2) is 0 Å². The maximum absolute atomic E-state index is 5.76. The third kappa shape index (κ3) is 2.58. The van der Waals surface area contributed by atoms with Crippen molar-refractivity contribution >= 4 is 23.0 Å². The molecule has 0 radical (unpaired) electrons. The number of nitrogens with one attached hydrogen (secondary N) is 1. The van der Waals surface area contributed by atoms with Crippen molar-refractivity contribution in [2.45, 2.75) is 37.8 Å². The number of aromatic nitrogens is 1. The monoisotopic (exact) mass is 276 g/mol. The molecule has 0 aliphatic carbocycles. The molecule has 0 saturated carbocycles. The molecule has 3 rings (SSSR count). The number of anilines is 1. The van der Waals surface area contributed by atoms with Gasteiger partial charge in [0.1, 0.15) is 10.8 Å². The van der Waals surface area contributed by atoms with E-state index in [1.807, 2.05) is 12.1 Å². The normalized spacial score (nSPS) is 26.9. The fourth-order valence-electron chi connectivity index (χ4n) is 3.31. The van der Waals surface area contributed by atoms with E-state index in [0.717, 1.165) is 11.4 Å². The van der Waals surface area contributed by atoms with Crippen LogP contribution >= 0.6 is 12.2 Å². The summed E-state index contributed by atoms with van der Waals surface area (Å²) in [6.45, 7) is 2.44. The lowest BCUT2D eigenvalue weighted by Crippen LogP contribution is -2.42. The fourth-order valence-corrected chi connectivity index (χ4v) is 3.48. The van der Waals surface area contributed by atoms with Crippen LogP contribution in [-0.4, -0.2) is 40.0 Å². The average molecular weight is 276 g/mol. The number of hydrogen-bond acceptors (Lipinski definition) is 4. The number of rotatable bonds is 3. The molecule has 1 aromatic heterocycles. The number of fused-ring (bicyclic) bond motifs is 1. The van der Waals surface area contributed by atoms with Crippen molar-refractivity contribution in [1.29, 1.82) is 0 Å². The van der Waals surface area contributed by atoms with Crippen molar-refractivity contribution in [3.63, 3.8) is 0 Å². The summed E-state index contributed by atoms with van der Waals surface area (Å²) in [5.41, 5.74) is 6.62. The first kappa shape index (κ1) is 12.8. The molecule has 5 heteroatoms. The largest absolute Gasteiger partial charge is 0.389 e. The zero-order chi connectivity index (χ0) is 13.2. The van der Waals surface area contributed by atoms with Crippen molar-refractivity contribution in [1.82, 2.24) is 9.88 Å². The quantitative estimate of drug-likeness (QED) is 0.824. The van der Waals surface area contributed by atoms with Crippen LogP contribution in [0.25, 0.3) is 0 Å². The number of pyridine rings is 1. The minimum Gasteiger partial charge on any atom is -0.389 e. The summed E-state index contributed by atoms with van der Waals surface area (Å²) >= 11 is 5.09. The molecule has 3 heterocycles. The smallest absolute Gasteiger partial charge is 0.136 e. The van der Waals surface area contributed by atoms with E-state index in [4.69, 9.17) is 18.0 Å². The Bertz CT molecular complexity index is 476. The van der Waals surface area contributed by atoms with Crippen LogP contribution in [0.4, 0.5) is 5.82 Å². The van der Waals surface area contributed by atoms with E-state index in [-0.39, 0.29) is 0 Å². The van der Waals surface area contributed by atoms with Gasteiger partial charge in [-0.15, -0.1) is 0 Å². The summed E-state index contributed by atoms with van der Waals surface area (Å²) < 4.78 is 0. The Morgan fingerprint density at radius 1 is 1.37 bits per heavy atom. The van der Waals surface area contributed by atoms with E-state index in [2.05, 4.69) is 15.2 Å². The Hall–Kier alpha value is -1.20. The first-order chi connectivity index (χ1) is 9.25. The summed E-state index contributed by atoms with van der Waals surface area (Å²) in [6, 6.07) is 4.94.